The number of halogens is 1. The van der Waals surface area contributed by atoms with Crippen molar-refractivity contribution in [3.8, 4) is 16.9 Å². The van der Waals surface area contributed by atoms with Gasteiger partial charge in [0.2, 0.25) is 5.95 Å². The van der Waals surface area contributed by atoms with Gasteiger partial charge in [-0.3, -0.25) is 14.6 Å². The number of methoxy groups -OCH3 is 1. The van der Waals surface area contributed by atoms with Crippen LogP contribution in [0.15, 0.2) is 53.5 Å². The number of ether oxygens (including phenoxy) is 2. The van der Waals surface area contributed by atoms with Gasteiger partial charge in [-0.2, -0.15) is 10.1 Å². The Morgan fingerprint density at radius 3 is 2.64 bits per heavy atom. The molecule has 0 bridgehead atoms. The number of aryl methyl sites for hydroxylation is 2. The average Bonchev–Trinajstić information content (AvgIpc) is 3.35. The molecule has 0 radical (unpaired) electrons. The second-order valence-electron chi connectivity index (χ2n) is 10.9. The minimum absolute atomic E-state index is 0.144. The molecule has 2 aromatic carbocycles. The highest BCUT2D eigenvalue weighted by Crippen LogP contribution is 2.42. The highest BCUT2D eigenvalue weighted by Gasteiger charge is 2.25. The van der Waals surface area contributed by atoms with Crippen molar-refractivity contribution in [3.63, 3.8) is 0 Å². The van der Waals surface area contributed by atoms with Crippen molar-refractivity contribution in [1.82, 2.24) is 35.0 Å². The van der Waals surface area contributed by atoms with Crippen molar-refractivity contribution in [2.45, 2.75) is 13.0 Å². The Hall–Kier alpha value is -3.90. The molecule has 6 rings (SSSR count). The van der Waals surface area contributed by atoms with Gasteiger partial charge in [-0.25, -0.2) is 4.98 Å². The van der Waals surface area contributed by atoms with Gasteiger partial charge in [-0.05, 0) is 71.6 Å². The zero-order valence-electron chi connectivity index (χ0n) is 25.1. The summed E-state index contributed by atoms with van der Waals surface area (Å²) in [5.41, 5.74) is 6.46. The quantitative estimate of drug-likeness (QED) is 0.184. The van der Waals surface area contributed by atoms with Crippen molar-refractivity contribution in [3.05, 3.63) is 64.8 Å². The fraction of sp³-hybridized carbons (Fsp3) is 0.300. The van der Waals surface area contributed by atoms with Crippen LogP contribution in [0.1, 0.15) is 17.4 Å². The van der Waals surface area contributed by atoms with Crippen LogP contribution in [-0.2, 0) is 16.3 Å². The molecule has 0 spiro atoms. The predicted octanol–water partition coefficient (Wildman–Crippen LogP) is 5.30. The van der Waals surface area contributed by atoms with Gasteiger partial charge in [0.05, 0.1) is 52.2 Å². The molecule has 1 aliphatic rings. The Morgan fingerprint density at radius 1 is 1.11 bits per heavy atom. The molecule has 3 N–H and O–H groups in total. The van der Waals surface area contributed by atoms with E-state index in [0.717, 1.165) is 28.9 Å². The van der Waals surface area contributed by atoms with E-state index in [-0.39, 0.29) is 6.10 Å². The summed E-state index contributed by atoms with van der Waals surface area (Å²) in [6.07, 6.45) is 6.74. The monoisotopic (exact) mass is 677 g/mol. The molecule has 0 saturated carbocycles. The van der Waals surface area contributed by atoms with Gasteiger partial charge >= 0.3 is 0 Å². The van der Waals surface area contributed by atoms with Crippen LogP contribution in [0, 0.1) is 6.92 Å². The summed E-state index contributed by atoms with van der Waals surface area (Å²) >= 11 is 3.57. The molecular formula is C30H33BrN9O3P. The largest absolute Gasteiger partial charge is 0.495 e. The van der Waals surface area contributed by atoms with Crippen LogP contribution in [0.2, 0.25) is 0 Å². The SMILES string of the molecule is COc1cc(C2CNCCO2)c(-c2cn(C)nc2C)cc1Nc1ncc(Br)c(Nc2ccc3nccnc3c2P(C)(C)=O)n1. The van der Waals surface area contributed by atoms with E-state index in [1.807, 2.05) is 44.4 Å². The van der Waals surface area contributed by atoms with Crippen LogP contribution < -0.4 is 26.0 Å². The summed E-state index contributed by atoms with van der Waals surface area (Å²) in [5, 5.41) is 15.3. The van der Waals surface area contributed by atoms with Crippen molar-refractivity contribution in [1.29, 1.82) is 0 Å². The lowest BCUT2D eigenvalue weighted by Crippen LogP contribution is -2.33. The van der Waals surface area contributed by atoms with Gasteiger partial charge < -0.3 is 30.0 Å². The highest BCUT2D eigenvalue weighted by molar-refractivity contribution is 9.10. The Morgan fingerprint density at radius 2 is 1.93 bits per heavy atom. The molecule has 5 aromatic rings. The third-order valence-corrected chi connectivity index (χ3v) is 9.46. The van der Waals surface area contributed by atoms with Crippen LogP contribution in [0.3, 0.4) is 0 Å². The topological polar surface area (TPSA) is 141 Å². The Balaban J connectivity index is 1.40. The molecule has 1 atom stereocenters. The zero-order valence-corrected chi connectivity index (χ0v) is 27.5. The summed E-state index contributed by atoms with van der Waals surface area (Å²) in [7, 11) is 0.778. The number of hydrogen-bond acceptors (Lipinski definition) is 11. The maximum atomic E-state index is 13.4. The number of hydrogen-bond donors (Lipinski definition) is 3. The molecule has 0 aliphatic carbocycles. The molecule has 14 heteroatoms. The summed E-state index contributed by atoms with van der Waals surface area (Å²) in [6, 6.07) is 7.72. The van der Waals surface area contributed by atoms with Gasteiger partial charge in [-0.1, -0.05) is 0 Å². The van der Waals surface area contributed by atoms with Crippen LogP contribution in [-0.4, -0.2) is 69.9 Å². The predicted molar refractivity (Wildman–Crippen MR) is 176 cm³/mol. The summed E-state index contributed by atoms with van der Waals surface area (Å²) in [4.78, 5) is 18.1. The van der Waals surface area contributed by atoms with E-state index < -0.39 is 7.14 Å². The highest BCUT2D eigenvalue weighted by atomic mass is 79.9. The van der Waals surface area contributed by atoms with Crippen molar-refractivity contribution in [2.24, 2.45) is 7.05 Å². The zero-order chi connectivity index (χ0) is 31.0. The first-order valence-electron chi connectivity index (χ1n) is 14.0. The second kappa shape index (κ2) is 12.2. The lowest BCUT2D eigenvalue weighted by molar-refractivity contribution is 0.0279. The number of nitrogens with one attached hydrogen (secondary N) is 3. The number of nitrogens with zero attached hydrogens (tertiary/aromatic N) is 6. The van der Waals surface area contributed by atoms with Gasteiger partial charge in [0.25, 0.3) is 0 Å². The van der Waals surface area contributed by atoms with Gasteiger partial charge in [0.15, 0.2) is 0 Å². The van der Waals surface area contributed by atoms with Crippen LogP contribution in [0.25, 0.3) is 22.2 Å². The van der Waals surface area contributed by atoms with Crippen LogP contribution in [0.5, 0.6) is 5.75 Å². The number of benzene rings is 2. The molecule has 228 valence electrons. The number of morpholine rings is 1. The number of rotatable bonds is 8. The molecule has 0 amide bonds. The molecule has 44 heavy (non-hydrogen) atoms. The normalized spacial score (nSPS) is 15.4. The Bertz CT molecular complexity index is 1900. The van der Waals surface area contributed by atoms with E-state index in [4.69, 9.17) is 14.5 Å². The Labute approximate surface area is 263 Å². The summed E-state index contributed by atoms with van der Waals surface area (Å²) < 4.78 is 27.8. The number of fused-ring (bicyclic) bond motifs is 1. The molecule has 4 heterocycles. The molecule has 1 fully saturated rings. The fourth-order valence-electron chi connectivity index (χ4n) is 5.42. The second-order valence-corrected chi connectivity index (χ2v) is 14.9. The molecule has 1 unspecified atom stereocenters. The van der Waals surface area contributed by atoms with E-state index in [0.29, 0.717) is 62.9 Å². The van der Waals surface area contributed by atoms with Gasteiger partial charge in [0.1, 0.15) is 24.2 Å². The fourth-order valence-corrected chi connectivity index (χ4v) is 7.11. The third-order valence-electron chi connectivity index (χ3n) is 7.35. The first-order chi connectivity index (χ1) is 21.1. The Kier molecular flexibility index (Phi) is 8.38. The number of anilines is 4. The molecule has 1 saturated heterocycles. The smallest absolute Gasteiger partial charge is 0.229 e. The van der Waals surface area contributed by atoms with E-state index in [1.165, 1.54) is 0 Å². The standard InChI is InChI=1S/C30H33BrN9O3P/c1-17-20(16-40(2)39-17)18-12-24(25(42-3)13-19(18)26-15-32-10-11-43-26)37-30-35-14-21(31)29(38-30)36-23-7-6-22-27(34-9-8-33-22)28(23)44(4,5)41/h6-9,12-14,16,26,32H,10-11,15H2,1-5H3,(H2,35,36,37,38). The lowest BCUT2D eigenvalue weighted by Gasteiger charge is -2.27. The molecule has 1 aliphatic heterocycles. The first-order valence-corrected chi connectivity index (χ1v) is 17.4. The van der Waals surface area contributed by atoms with Crippen molar-refractivity contribution in [2.75, 3.05) is 50.8 Å². The summed E-state index contributed by atoms with van der Waals surface area (Å²) in [6.45, 7) is 7.55. The van der Waals surface area contributed by atoms with Crippen molar-refractivity contribution < 1.29 is 14.0 Å². The average molecular weight is 679 g/mol. The van der Waals surface area contributed by atoms with E-state index in [2.05, 4.69) is 51.9 Å². The lowest BCUT2D eigenvalue weighted by atomic mass is 9.94. The third kappa shape index (κ3) is 6.05. The minimum atomic E-state index is -2.76. The van der Waals surface area contributed by atoms with Crippen LogP contribution >= 0.6 is 23.1 Å². The first kappa shape index (κ1) is 30.1. The van der Waals surface area contributed by atoms with Gasteiger partial charge in [0, 0.05) is 50.5 Å². The van der Waals surface area contributed by atoms with Crippen molar-refractivity contribution >= 4 is 62.6 Å². The number of aromatic nitrogens is 6. The maximum absolute atomic E-state index is 13.4. The van der Waals surface area contributed by atoms with E-state index >= 15 is 0 Å². The van der Waals surface area contributed by atoms with E-state index in [9.17, 15) is 4.57 Å². The molecule has 12 nitrogen and oxygen atoms in total. The molecular weight excluding hydrogens is 645 g/mol. The minimum Gasteiger partial charge on any atom is -0.495 e. The van der Waals surface area contributed by atoms with Gasteiger partial charge in [-0.15, -0.1) is 0 Å². The van der Waals surface area contributed by atoms with Crippen LogP contribution in [0.4, 0.5) is 23.1 Å². The van der Waals surface area contributed by atoms with E-state index in [1.54, 1.807) is 43.7 Å². The maximum Gasteiger partial charge on any atom is 0.229 e. The summed E-state index contributed by atoms with van der Waals surface area (Å²) in [5.74, 6) is 1.44. The molecule has 3 aromatic heterocycles.